The lowest BCUT2D eigenvalue weighted by molar-refractivity contribution is 0.393. The molecule has 0 radical (unpaired) electrons. The molecule has 21 heavy (non-hydrogen) atoms. The molecule has 2 aromatic rings. The van der Waals surface area contributed by atoms with Crippen LogP contribution in [-0.4, -0.2) is 0 Å². The van der Waals surface area contributed by atoms with Gasteiger partial charge in [-0.25, -0.2) is 4.39 Å². The van der Waals surface area contributed by atoms with Crippen molar-refractivity contribution in [1.82, 2.24) is 5.32 Å². The Morgan fingerprint density at radius 2 is 1.57 bits per heavy atom. The van der Waals surface area contributed by atoms with Crippen molar-refractivity contribution in [1.29, 1.82) is 0 Å². The van der Waals surface area contributed by atoms with Crippen molar-refractivity contribution in [2.75, 3.05) is 0 Å². The van der Waals surface area contributed by atoms with E-state index in [0.717, 1.165) is 12.0 Å². The summed E-state index contributed by atoms with van der Waals surface area (Å²) in [5.41, 5.74) is 2.27. The molecule has 112 valence electrons. The van der Waals surface area contributed by atoms with Crippen LogP contribution in [0.4, 0.5) is 4.39 Å². The smallest absolute Gasteiger partial charge is 0.123 e. The minimum atomic E-state index is -0.179. The molecule has 0 amide bonds. The van der Waals surface area contributed by atoms with Gasteiger partial charge < -0.3 is 5.32 Å². The monoisotopic (exact) mass is 285 g/mol. The Kier molecular flexibility index (Phi) is 5.51. The summed E-state index contributed by atoms with van der Waals surface area (Å²) < 4.78 is 13.4. The van der Waals surface area contributed by atoms with Crippen LogP contribution in [0.2, 0.25) is 0 Å². The summed E-state index contributed by atoms with van der Waals surface area (Å²) in [6.45, 7) is 6.54. The van der Waals surface area contributed by atoms with E-state index < -0.39 is 0 Å². The van der Waals surface area contributed by atoms with E-state index in [1.165, 1.54) is 11.6 Å². The lowest BCUT2D eigenvalue weighted by Crippen LogP contribution is -2.26. The largest absolute Gasteiger partial charge is 0.303 e. The van der Waals surface area contributed by atoms with Gasteiger partial charge >= 0.3 is 0 Å². The van der Waals surface area contributed by atoms with Gasteiger partial charge in [-0.2, -0.15) is 0 Å². The van der Waals surface area contributed by atoms with Crippen molar-refractivity contribution < 1.29 is 4.39 Å². The molecule has 0 aromatic heterocycles. The molecule has 0 aliphatic carbocycles. The normalized spacial score (nSPS) is 14.1. The van der Waals surface area contributed by atoms with Crippen LogP contribution < -0.4 is 5.32 Å². The molecule has 2 atom stereocenters. The molecular formula is C19H24FN. The van der Waals surface area contributed by atoms with Crippen molar-refractivity contribution >= 4 is 0 Å². The fourth-order valence-corrected chi connectivity index (χ4v) is 2.63. The highest BCUT2D eigenvalue weighted by atomic mass is 19.1. The third kappa shape index (κ3) is 4.68. The van der Waals surface area contributed by atoms with Crippen molar-refractivity contribution in [2.24, 2.45) is 5.92 Å². The van der Waals surface area contributed by atoms with E-state index in [2.05, 4.69) is 50.4 Å². The SMILES string of the molecule is CC(C)CC(NC(C)c1cccc(F)c1)c1ccccc1. The molecule has 2 heteroatoms. The van der Waals surface area contributed by atoms with Crippen LogP contribution in [0, 0.1) is 11.7 Å². The second-order valence-corrected chi connectivity index (χ2v) is 6.04. The van der Waals surface area contributed by atoms with Gasteiger partial charge in [0.05, 0.1) is 0 Å². The third-order valence-electron chi connectivity index (χ3n) is 3.71. The molecule has 1 nitrogen and oxygen atoms in total. The fraction of sp³-hybridized carbons (Fsp3) is 0.368. The number of hydrogen-bond donors (Lipinski definition) is 1. The van der Waals surface area contributed by atoms with Crippen LogP contribution in [0.5, 0.6) is 0 Å². The Balaban J connectivity index is 2.15. The van der Waals surface area contributed by atoms with E-state index in [0.29, 0.717) is 5.92 Å². The highest BCUT2D eigenvalue weighted by Crippen LogP contribution is 2.25. The van der Waals surface area contributed by atoms with Crippen molar-refractivity contribution in [3.8, 4) is 0 Å². The molecule has 0 aliphatic heterocycles. The zero-order valence-electron chi connectivity index (χ0n) is 13.0. The Morgan fingerprint density at radius 1 is 0.905 bits per heavy atom. The van der Waals surface area contributed by atoms with Crippen molar-refractivity contribution in [3.63, 3.8) is 0 Å². The number of halogens is 1. The molecule has 2 unspecified atom stereocenters. The van der Waals surface area contributed by atoms with Crippen LogP contribution in [0.3, 0.4) is 0 Å². The highest BCUT2D eigenvalue weighted by molar-refractivity contribution is 5.22. The lowest BCUT2D eigenvalue weighted by atomic mass is 9.95. The number of nitrogens with one attached hydrogen (secondary N) is 1. The van der Waals surface area contributed by atoms with Crippen molar-refractivity contribution in [3.05, 3.63) is 71.5 Å². The average molecular weight is 285 g/mol. The van der Waals surface area contributed by atoms with E-state index in [4.69, 9.17) is 0 Å². The Bertz CT molecular complexity index is 551. The molecule has 0 saturated carbocycles. The molecule has 2 aromatic carbocycles. The first-order chi connectivity index (χ1) is 10.1. The molecule has 0 bridgehead atoms. The first-order valence-corrected chi connectivity index (χ1v) is 7.62. The van der Waals surface area contributed by atoms with Crippen LogP contribution in [0.15, 0.2) is 54.6 Å². The van der Waals surface area contributed by atoms with Crippen LogP contribution in [0.25, 0.3) is 0 Å². The zero-order valence-corrected chi connectivity index (χ0v) is 13.0. The van der Waals surface area contributed by atoms with Gasteiger partial charge in [0.2, 0.25) is 0 Å². The quantitative estimate of drug-likeness (QED) is 0.763. The van der Waals surface area contributed by atoms with Crippen LogP contribution in [0.1, 0.15) is 50.4 Å². The summed E-state index contributed by atoms with van der Waals surface area (Å²) in [6.07, 6.45) is 1.06. The Labute approximate surface area is 127 Å². The topological polar surface area (TPSA) is 12.0 Å². The summed E-state index contributed by atoms with van der Waals surface area (Å²) in [6, 6.07) is 17.7. The molecule has 1 N–H and O–H groups in total. The van der Waals surface area contributed by atoms with Gasteiger partial charge in [0, 0.05) is 12.1 Å². The molecule has 0 fully saturated rings. The van der Waals surface area contributed by atoms with Gasteiger partial charge in [0.1, 0.15) is 5.82 Å². The standard InChI is InChI=1S/C19H24FN/c1-14(2)12-19(16-8-5-4-6-9-16)21-15(3)17-10-7-11-18(20)13-17/h4-11,13-15,19,21H,12H2,1-3H3. The van der Waals surface area contributed by atoms with Gasteiger partial charge in [-0.3, -0.25) is 0 Å². The Morgan fingerprint density at radius 3 is 2.19 bits per heavy atom. The zero-order chi connectivity index (χ0) is 15.2. The van der Waals surface area contributed by atoms with Gasteiger partial charge in [0.25, 0.3) is 0 Å². The first kappa shape index (κ1) is 15.7. The van der Waals surface area contributed by atoms with E-state index in [9.17, 15) is 4.39 Å². The highest BCUT2D eigenvalue weighted by Gasteiger charge is 2.16. The van der Waals surface area contributed by atoms with Gasteiger partial charge in [-0.15, -0.1) is 0 Å². The fourth-order valence-electron chi connectivity index (χ4n) is 2.63. The average Bonchev–Trinajstić information content (AvgIpc) is 2.47. The molecule has 2 rings (SSSR count). The Hall–Kier alpha value is -1.67. The molecule has 0 spiro atoms. The van der Waals surface area contributed by atoms with E-state index >= 15 is 0 Å². The van der Waals surface area contributed by atoms with Gasteiger partial charge in [0.15, 0.2) is 0 Å². The molecule has 0 saturated heterocycles. The summed E-state index contributed by atoms with van der Waals surface area (Å²) >= 11 is 0. The second kappa shape index (κ2) is 7.37. The minimum Gasteiger partial charge on any atom is -0.303 e. The van der Waals surface area contributed by atoms with Crippen LogP contribution >= 0.6 is 0 Å². The summed E-state index contributed by atoms with van der Waals surface area (Å²) in [5.74, 6) is 0.420. The lowest BCUT2D eigenvalue weighted by Gasteiger charge is -2.25. The minimum absolute atomic E-state index is 0.115. The maximum Gasteiger partial charge on any atom is 0.123 e. The first-order valence-electron chi connectivity index (χ1n) is 7.62. The summed E-state index contributed by atoms with van der Waals surface area (Å²) in [5, 5.41) is 3.64. The van der Waals surface area contributed by atoms with Gasteiger partial charge in [-0.05, 0) is 42.5 Å². The number of rotatable bonds is 6. The summed E-state index contributed by atoms with van der Waals surface area (Å²) in [4.78, 5) is 0. The van der Waals surface area contributed by atoms with E-state index in [1.54, 1.807) is 12.1 Å². The maximum absolute atomic E-state index is 13.4. The van der Waals surface area contributed by atoms with Crippen LogP contribution in [-0.2, 0) is 0 Å². The second-order valence-electron chi connectivity index (χ2n) is 6.04. The molecule has 0 heterocycles. The third-order valence-corrected chi connectivity index (χ3v) is 3.71. The number of benzene rings is 2. The predicted molar refractivity (Wildman–Crippen MR) is 86.6 cm³/mol. The molecular weight excluding hydrogens is 261 g/mol. The van der Waals surface area contributed by atoms with Crippen molar-refractivity contribution in [2.45, 2.75) is 39.3 Å². The predicted octanol–water partition coefficient (Wildman–Crippen LogP) is 5.26. The molecule has 0 aliphatic rings. The van der Waals surface area contributed by atoms with E-state index in [1.807, 2.05) is 12.1 Å². The number of hydrogen-bond acceptors (Lipinski definition) is 1. The van der Waals surface area contributed by atoms with Gasteiger partial charge in [-0.1, -0.05) is 56.3 Å². The van der Waals surface area contributed by atoms with E-state index in [-0.39, 0.29) is 17.9 Å². The summed E-state index contributed by atoms with van der Waals surface area (Å²) in [7, 11) is 0. The maximum atomic E-state index is 13.4.